The van der Waals surface area contributed by atoms with Crippen LogP contribution in [-0.4, -0.2) is 13.6 Å². The van der Waals surface area contributed by atoms with Crippen molar-refractivity contribution < 1.29 is 4.39 Å². The fourth-order valence-electron chi connectivity index (χ4n) is 2.90. The van der Waals surface area contributed by atoms with Crippen LogP contribution in [0.5, 0.6) is 0 Å². The van der Waals surface area contributed by atoms with Gasteiger partial charge in [-0.3, -0.25) is 8.61 Å². The fraction of sp³-hybridized carbons (Fsp3) is 0.278. The van der Waals surface area contributed by atoms with Crippen molar-refractivity contribution in [3.63, 3.8) is 0 Å². The summed E-state index contributed by atoms with van der Waals surface area (Å²) in [7, 11) is 2.03. The molecule has 1 saturated carbocycles. The first-order valence-corrected chi connectivity index (χ1v) is 8.43. The van der Waals surface area contributed by atoms with Crippen LogP contribution in [0.15, 0.2) is 36.4 Å². The molecule has 5 heteroatoms. The van der Waals surface area contributed by atoms with E-state index < -0.39 is 5.82 Å². The predicted octanol–water partition coefficient (Wildman–Crippen LogP) is 4.59. The number of benzene rings is 2. The summed E-state index contributed by atoms with van der Waals surface area (Å²) in [6, 6.07) is 12.9. The lowest BCUT2D eigenvalue weighted by molar-refractivity contribution is 0.627. The number of anilines is 2. The Labute approximate surface area is 139 Å². The molecule has 1 aliphatic heterocycles. The predicted molar refractivity (Wildman–Crippen MR) is 92.6 cm³/mol. The van der Waals surface area contributed by atoms with Gasteiger partial charge < -0.3 is 0 Å². The van der Waals surface area contributed by atoms with E-state index in [1.807, 2.05) is 25.2 Å². The summed E-state index contributed by atoms with van der Waals surface area (Å²) >= 11 is 1.70. The van der Waals surface area contributed by atoms with Gasteiger partial charge in [-0.15, -0.1) is 0 Å². The van der Waals surface area contributed by atoms with Crippen LogP contribution in [-0.2, 0) is 0 Å². The molecule has 0 amide bonds. The van der Waals surface area contributed by atoms with Gasteiger partial charge in [-0.2, -0.15) is 5.26 Å². The Morgan fingerprint density at radius 2 is 2.09 bits per heavy atom. The molecule has 1 fully saturated rings. The van der Waals surface area contributed by atoms with Crippen molar-refractivity contribution >= 4 is 23.5 Å². The Morgan fingerprint density at radius 3 is 2.83 bits per heavy atom. The van der Waals surface area contributed by atoms with Gasteiger partial charge >= 0.3 is 0 Å². The SMILES string of the molecule is CN1SN(CC2CC2)c2ccc(-c3cccc(C#N)c3F)cc21. The normalized spacial score (nSPS) is 16.4. The van der Waals surface area contributed by atoms with Crippen LogP contribution in [0.25, 0.3) is 11.1 Å². The van der Waals surface area contributed by atoms with E-state index in [0.29, 0.717) is 5.56 Å². The highest BCUT2D eigenvalue weighted by atomic mass is 32.2. The fourth-order valence-corrected chi connectivity index (χ4v) is 3.95. The summed E-state index contributed by atoms with van der Waals surface area (Å²) in [6.07, 6.45) is 2.64. The van der Waals surface area contributed by atoms with Gasteiger partial charge in [0.25, 0.3) is 0 Å². The van der Waals surface area contributed by atoms with E-state index in [2.05, 4.69) is 14.7 Å². The third kappa shape index (κ3) is 2.53. The molecule has 116 valence electrons. The highest BCUT2D eigenvalue weighted by Gasteiger charge is 2.31. The van der Waals surface area contributed by atoms with E-state index >= 15 is 0 Å². The standard InChI is InChI=1S/C18H16FN3S/c1-21-17-9-13(15-4-2-3-14(10-20)18(15)19)7-8-16(17)22(23-21)11-12-5-6-12/h2-4,7-9,12H,5-6,11H2,1H3. The zero-order valence-electron chi connectivity index (χ0n) is 12.8. The minimum atomic E-state index is -0.446. The summed E-state index contributed by atoms with van der Waals surface area (Å²) in [6.45, 7) is 1.07. The first-order valence-electron chi connectivity index (χ1n) is 7.70. The molecule has 0 saturated heterocycles. The number of nitriles is 1. The minimum Gasteiger partial charge on any atom is -0.300 e. The lowest BCUT2D eigenvalue weighted by atomic mass is 10.0. The summed E-state index contributed by atoms with van der Waals surface area (Å²) in [5.41, 5.74) is 3.64. The zero-order chi connectivity index (χ0) is 16.0. The van der Waals surface area contributed by atoms with E-state index in [9.17, 15) is 4.39 Å². The number of hydrogen-bond donors (Lipinski definition) is 0. The van der Waals surface area contributed by atoms with E-state index in [-0.39, 0.29) is 5.56 Å². The smallest absolute Gasteiger partial charge is 0.148 e. The van der Waals surface area contributed by atoms with Gasteiger partial charge in [-0.05, 0) is 42.5 Å². The van der Waals surface area contributed by atoms with Gasteiger partial charge in [-0.25, -0.2) is 4.39 Å². The molecule has 0 bridgehead atoms. The van der Waals surface area contributed by atoms with Crippen molar-refractivity contribution in [1.29, 1.82) is 5.26 Å². The van der Waals surface area contributed by atoms with Crippen LogP contribution in [0.3, 0.4) is 0 Å². The summed E-state index contributed by atoms with van der Waals surface area (Å²) in [5, 5.41) is 9.00. The molecule has 1 heterocycles. The molecule has 0 aromatic heterocycles. The molecule has 0 N–H and O–H groups in total. The Bertz CT molecular complexity index is 810. The molecule has 1 aliphatic carbocycles. The van der Waals surface area contributed by atoms with Crippen molar-refractivity contribution in [1.82, 2.24) is 0 Å². The third-order valence-corrected chi connectivity index (χ3v) is 5.34. The molecular formula is C18H16FN3S. The molecule has 0 unspecified atom stereocenters. The maximum atomic E-state index is 14.4. The maximum absolute atomic E-state index is 14.4. The van der Waals surface area contributed by atoms with Crippen LogP contribution in [0, 0.1) is 23.1 Å². The van der Waals surface area contributed by atoms with Crippen molar-refractivity contribution in [2.75, 3.05) is 22.2 Å². The Kier molecular flexibility index (Phi) is 3.42. The average molecular weight is 325 g/mol. The zero-order valence-corrected chi connectivity index (χ0v) is 13.6. The van der Waals surface area contributed by atoms with Gasteiger partial charge in [0.1, 0.15) is 11.9 Å². The van der Waals surface area contributed by atoms with Gasteiger partial charge in [0.15, 0.2) is 0 Å². The number of rotatable bonds is 3. The van der Waals surface area contributed by atoms with Crippen molar-refractivity contribution in [2.24, 2.45) is 5.92 Å². The second-order valence-electron chi connectivity index (χ2n) is 6.07. The Hall–Kier alpha value is -2.19. The number of halogens is 1. The molecular weight excluding hydrogens is 309 g/mol. The highest BCUT2D eigenvalue weighted by Crippen LogP contribution is 2.47. The summed E-state index contributed by atoms with van der Waals surface area (Å²) < 4.78 is 18.8. The van der Waals surface area contributed by atoms with E-state index in [1.54, 1.807) is 24.3 Å². The second-order valence-corrected chi connectivity index (χ2v) is 7.22. The Morgan fingerprint density at radius 1 is 1.26 bits per heavy atom. The molecule has 0 radical (unpaired) electrons. The summed E-state index contributed by atoms with van der Waals surface area (Å²) in [4.78, 5) is 0. The monoisotopic (exact) mass is 325 g/mol. The number of nitrogens with zero attached hydrogens (tertiary/aromatic N) is 3. The molecule has 0 atom stereocenters. The summed E-state index contributed by atoms with van der Waals surface area (Å²) in [5.74, 6) is 0.365. The van der Waals surface area contributed by atoms with Crippen molar-refractivity contribution in [3.8, 4) is 17.2 Å². The maximum Gasteiger partial charge on any atom is 0.148 e. The molecule has 4 rings (SSSR count). The first kappa shape index (κ1) is 14.4. The first-order chi connectivity index (χ1) is 11.2. The lowest BCUT2D eigenvalue weighted by Crippen LogP contribution is -2.16. The quantitative estimate of drug-likeness (QED) is 0.772. The molecule has 0 spiro atoms. The Balaban J connectivity index is 1.73. The molecule has 23 heavy (non-hydrogen) atoms. The van der Waals surface area contributed by atoms with E-state index in [1.165, 1.54) is 24.6 Å². The van der Waals surface area contributed by atoms with Gasteiger partial charge in [0.05, 0.1) is 29.1 Å². The van der Waals surface area contributed by atoms with Crippen LogP contribution in [0.2, 0.25) is 0 Å². The highest BCUT2D eigenvalue weighted by molar-refractivity contribution is 8.02. The largest absolute Gasteiger partial charge is 0.300 e. The van der Waals surface area contributed by atoms with Gasteiger partial charge in [0.2, 0.25) is 0 Å². The van der Waals surface area contributed by atoms with Crippen LogP contribution in [0.1, 0.15) is 18.4 Å². The molecule has 2 aromatic carbocycles. The molecule has 2 aromatic rings. The second kappa shape index (κ2) is 5.47. The minimum absolute atomic E-state index is 0.0843. The van der Waals surface area contributed by atoms with Crippen LogP contribution < -0.4 is 8.61 Å². The lowest BCUT2D eigenvalue weighted by Gasteiger charge is -2.16. The van der Waals surface area contributed by atoms with E-state index in [4.69, 9.17) is 5.26 Å². The van der Waals surface area contributed by atoms with Crippen LogP contribution >= 0.6 is 12.1 Å². The van der Waals surface area contributed by atoms with Crippen molar-refractivity contribution in [2.45, 2.75) is 12.8 Å². The van der Waals surface area contributed by atoms with Crippen molar-refractivity contribution in [3.05, 3.63) is 47.8 Å². The third-order valence-electron chi connectivity index (χ3n) is 4.36. The van der Waals surface area contributed by atoms with E-state index in [0.717, 1.165) is 23.7 Å². The van der Waals surface area contributed by atoms with Gasteiger partial charge in [0, 0.05) is 19.2 Å². The molecule has 3 nitrogen and oxygen atoms in total. The average Bonchev–Trinajstić information content (AvgIpc) is 3.32. The number of fused-ring (bicyclic) bond motifs is 1. The topological polar surface area (TPSA) is 30.3 Å². The van der Waals surface area contributed by atoms with Gasteiger partial charge in [-0.1, -0.05) is 18.2 Å². The van der Waals surface area contributed by atoms with Crippen LogP contribution in [0.4, 0.5) is 15.8 Å². The molecule has 2 aliphatic rings. The number of hydrogen-bond acceptors (Lipinski definition) is 4.